The smallest absolute Gasteiger partial charge is 0.0330 e. The largest absolute Gasteiger partial charge is 0.329 e. The Morgan fingerprint density at radius 2 is 2.00 bits per heavy atom. The molecule has 2 fully saturated rings. The third kappa shape index (κ3) is 2.92. The summed E-state index contributed by atoms with van der Waals surface area (Å²) in [5, 5.41) is 3.77. The van der Waals surface area contributed by atoms with E-state index in [9.17, 15) is 0 Å². The Balaban J connectivity index is 1.81. The van der Waals surface area contributed by atoms with E-state index in [-0.39, 0.29) is 5.54 Å². The molecule has 1 aliphatic carbocycles. The zero-order valence-corrected chi connectivity index (χ0v) is 9.97. The van der Waals surface area contributed by atoms with Gasteiger partial charge in [-0.15, -0.1) is 0 Å². The van der Waals surface area contributed by atoms with Crippen molar-refractivity contribution in [3.63, 3.8) is 0 Å². The van der Waals surface area contributed by atoms with Crippen LogP contribution < -0.4 is 11.1 Å². The predicted molar refractivity (Wildman–Crippen MR) is 63.9 cm³/mol. The molecule has 0 aromatic carbocycles. The van der Waals surface area contributed by atoms with Gasteiger partial charge in [0.2, 0.25) is 0 Å². The van der Waals surface area contributed by atoms with Crippen molar-refractivity contribution in [2.75, 3.05) is 26.2 Å². The molecule has 0 unspecified atom stereocenters. The van der Waals surface area contributed by atoms with Gasteiger partial charge >= 0.3 is 0 Å². The van der Waals surface area contributed by atoms with Crippen LogP contribution in [0.3, 0.4) is 0 Å². The average molecular weight is 211 g/mol. The third-order valence-electron chi connectivity index (χ3n) is 3.83. The summed E-state index contributed by atoms with van der Waals surface area (Å²) < 4.78 is 0. The highest BCUT2D eigenvalue weighted by Gasteiger charge is 2.37. The highest BCUT2D eigenvalue weighted by Crippen LogP contribution is 2.28. The lowest BCUT2D eigenvalue weighted by atomic mass is 9.87. The molecule has 88 valence electrons. The molecule has 1 aliphatic heterocycles. The lowest BCUT2D eigenvalue weighted by molar-refractivity contribution is 0.138. The van der Waals surface area contributed by atoms with Crippen molar-refractivity contribution in [2.45, 2.75) is 50.6 Å². The molecule has 1 saturated carbocycles. The molecule has 0 bridgehead atoms. The maximum Gasteiger partial charge on any atom is 0.0330 e. The first-order valence-corrected chi connectivity index (χ1v) is 6.48. The minimum absolute atomic E-state index is 0.269. The first-order chi connectivity index (χ1) is 7.28. The summed E-state index contributed by atoms with van der Waals surface area (Å²) in [6.07, 6.45) is 6.46. The number of rotatable bonds is 5. The van der Waals surface area contributed by atoms with E-state index in [1.807, 2.05) is 0 Å². The Bertz CT molecular complexity index is 193. The first-order valence-electron chi connectivity index (χ1n) is 6.48. The van der Waals surface area contributed by atoms with E-state index < -0.39 is 0 Å². The van der Waals surface area contributed by atoms with Crippen molar-refractivity contribution in [3.8, 4) is 0 Å². The topological polar surface area (TPSA) is 41.3 Å². The van der Waals surface area contributed by atoms with Crippen LogP contribution in [0.1, 0.15) is 39.0 Å². The van der Waals surface area contributed by atoms with Crippen molar-refractivity contribution >= 4 is 0 Å². The van der Waals surface area contributed by atoms with Crippen LogP contribution in [0, 0.1) is 0 Å². The van der Waals surface area contributed by atoms with Gasteiger partial charge in [0.1, 0.15) is 0 Å². The molecule has 0 radical (unpaired) electrons. The van der Waals surface area contributed by atoms with E-state index in [1.165, 1.54) is 51.7 Å². The van der Waals surface area contributed by atoms with Crippen LogP contribution in [0.25, 0.3) is 0 Å². The summed E-state index contributed by atoms with van der Waals surface area (Å²) in [7, 11) is 0. The lowest BCUT2D eigenvalue weighted by Gasteiger charge is -2.42. The minimum Gasteiger partial charge on any atom is -0.329 e. The maximum absolute atomic E-state index is 5.95. The van der Waals surface area contributed by atoms with Gasteiger partial charge in [-0.1, -0.05) is 6.92 Å². The van der Waals surface area contributed by atoms with E-state index in [1.54, 1.807) is 0 Å². The molecule has 3 N–H and O–H groups in total. The Morgan fingerprint density at radius 3 is 2.47 bits per heavy atom. The number of nitrogens with one attached hydrogen (secondary N) is 1. The van der Waals surface area contributed by atoms with Gasteiger partial charge < -0.3 is 16.0 Å². The van der Waals surface area contributed by atoms with Crippen LogP contribution >= 0.6 is 0 Å². The van der Waals surface area contributed by atoms with Crippen LogP contribution in [-0.4, -0.2) is 42.7 Å². The fraction of sp³-hybridized carbons (Fsp3) is 1.00. The highest BCUT2D eigenvalue weighted by atomic mass is 15.2. The SMILES string of the molecule is CCCN1CCC(CN)(NC2CC2)CC1. The fourth-order valence-electron chi connectivity index (χ4n) is 2.59. The first kappa shape index (κ1) is 11.4. The van der Waals surface area contributed by atoms with Gasteiger partial charge in [-0.05, 0) is 51.7 Å². The van der Waals surface area contributed by atoms with E-state index in [0.29, 0.717) is 0 Å². The van der Waals surface area contributed by atoms with Crippen LogP contribution in [0.2, 0.25) is 0 Å². The number of hydrogen-bond acceptors (Lipinski definition) is 3. The molecule has 0 atom stereocenters. The molecular formula is C12H25N3. The van der Waals surface area contributed by atoms with Crippen LogP contribution in [0.5, 0.6) is 0 Å². The quantitative estimate of drug-likeness (QED) is 0.711. The Hall–Kier alpha value is -0.120. The van der Waals surface area contributed by atoms with Crippen molar-refractivity contribution in [3.05, 3.63) is 0 Å². The van der Waals surface area contributed by atoms with Gasteiger partial charge in [-0.3, -0.25) is 0 Å². The summed E-state index contributed by atoms with van der Waals surface area (Å²) >= 11 is 0. The Kier molecular flexibility index (Phi) is 3.65. The van der Waals surface area contributed by atoms with E-state index >= 15 is 0 Å². The van der Waals surface area contributed by atoms with Gasteiger partial charge in [0, 0.05) is 18.1 Å². The summed E-state index contributed by atoms with van der Waals surface area (Å²) in [5.41, 5.74) is 6.22. The molecule has 0 aromatic heterocycles. The molecule has 3 heteroatoms. The number of nitrogens with zero attached hydrogens (tertiary/aromatic N) is 1. The highest BCUT2D eigenvalue weighted by molar-refractivity contribution is 4.99. The molecule has 2 rings (SSSR count). The number of likely N-dealkylation sites (tertiary alicyclic amines) is 1. The number of nitrogens with two attached hydrogens (primary N) is 1. The van der Waals surface area contributed by atoms with Crippen molar-refractivity contribution in [2.24, 2.45) is 5.73 Å². The molecule has 15 heavy (non-hydrogen) atoms. The molecule has 0 amide bonds. The van der Waals surface area contributed by atoms with Crippen LogP contribution in [0.4, 0.5) is 0 Å². The summed E-state index contributed by atoms with van der Waals surface area (Å²) in [6.45, 7) is 6.77. The Morgan fingerprint density at radius 1 is 1.33 bits per heavy atom. The normalized spacial score (nSPS) is 26.8. The average Bonchev–Trinajstić information content (AvgIpc) is 3.06. The standard InChI is InChI=1S/C12H25N3/c1-2-7-15-8-5-12(10-13,6-9-15)14-11-3-4-11/h11,14H,2-10,13H2,1H3. The van der Waals surface area contributed by atoms with E-state index in [4.69, 9.17) is 5.73 Å². The zero-order valence-electron chi connectivity index (χ0n) is 9.97. The van der Waals surface area contributed by atoms with Crippen molar-refractivity contribution in [1.29, 1.82) is 0 Å². The molecule has 2 aliphatic rings. The predicted octanol–water partition coefficient (Wildman–Crippen LogP) is 0.942. The summed E-state index contributed by atoms with van der Waals surface area (Å²) in [4.78, 5) is 2.57. The monoisotopic (exact) mass is 211 g/mol. The number of hydrogen-bond donors (Lipinski definition) is 2. The second-order valence-electron chi connectivity index (χ2n) is 5.24. The number of piperidine rings is 1. The zero-order chi connectivity index (χ0) is 10.7. The van der Waals surface area contributed by atoms with Crippen molar-refractivity contribution in [1.82, 2.24) is 10.2 Å². The van der Waals surface area contributed by atoms with E-state index in [0.717, 1.165) is 12.6 Å². The van der Waals surface area contributed by atoms with Gasteiger partial charge in [0.15, 0.2) is 0 Å². The third-order valence-corrected chi connectivity index (χ3v) is 3.83. The maximum atomic E-state index is 5.95. The van der Waals surface area contributed by atoms with Crippen LogP contribution in [-0.2, 0) is 0 Å². The van der Waals surface area contributed by atoms with Crippen molar-refractivity contribution < 1.29 is 0 Å². The molecular weight excluding hydrogens is 186 g/mol. The summed E-state index contributed by atoms with van der Waals surface area (Å²) in [6, 6.07) is 0.784. The second kappa shape index (κ2) is 4.81. The van der Waals surface area contributed by atoms with Crippen LogP contribution in [0.15, 0.2) is 0 Å². The molecule has 3 nitrogen and oxygen atoms in total. The second-order valence-corrected chi connectivity index (χ2v) is 5.24. The van der Waals surface area contributed by atoms with Gasteiger partial charge in [0.05, 0.1) is 0 Å². The van der Waals surface area contributed by atoms with Gasteiger partial charge in [0.25, 0.3) is 0 Å². The molecule has 1 saturated heterocycles. The fourth-order valence-corrected chi connectivity index (χ4v) is 2.59. The van der Waals surface area contributed by atoms with E-state index in [2.05, 4.69) is 17.1 Å². The molecule has 0 aromatic rings. The lowest BCUT2D eigenvalue weighted by Crippen LogP contribution is -2.58. The Labute approximate surface area is 93.4 Å². The molecule has 0 spiro atoms. The molecule has 1 heterocycles. The summed E-state index contributed by atoms with van der Waals surface area (Å²) in [5.74, 6) is 0. The minimum atomic E-state index is 0.269. The van der Waals surface area contributed by atoms with Gasteiger partial charge in [-0.2, -0.15) is 0 Å². The van der Waals surface area contributed by atoms with Gasteiger partial charge in [-0.25, -0.2) is 0 Å².